The zero-order chi connectivity index (χ0) is 6.95. The Morgan fingerprint density at radius 1 is 0.778 bits per heavy atom. The van der Waals surface area contributed by atoms with Crippen molar-refractivity contribution in [1.29, 1.82) is 0 Å². The highest BCUT2D eigenvalue weighted by Crippen LogP contribution is 2.15. The summed E-state index contributed by atoms with van der Waals surface area (Å²) in [5.74, 6) is 0. The predicted molar refractivity (Wildman–Crippen MR) is 43.7 cm³/mol. The molecule has 0 unspecified atom stereocenters. The molecule has 0 spiro atoms. The van der Waals surface area contributed by atoms with Gasteiger partial charge in [-0.2, -0.15) is 0 Å². The Morgan fingerprint density at radius 3 is 1.11 bits per heavy atom. The van der Waals surface area contributed by atoms with E-state index in [1.54, 1.807) is 0 Å². The zero-order valence-corrected chi connectivity index (χ0v) is 6.95. The zero-order valence-electron chi connectivity index (χ0n) is 6.95. The van der Waals surface area contributed by atoms with Gasteiger partial charge < -0.3 is 0 Å². The van der Waals surface area contributed by atoms with Gasteiger partial charge in [0.25, 0.3) is 0 Å². The second kappa shape index (κ2) is 8.00. The van der Waals surface area contributed by atoms with Gasteiger partial charge in [-0.3, -0.25) is 0 Å². The van der Waals surface area contributed by atoms with E-state index in [-0.39, 0.29) is 0 Å². The number of unbranched alkanes of at least 4 members (excludes halogenated alkanes) is 2. The van der Waals surface area contributed by atoms with Gasteiger partial charge in [0.05, 0.1) is 0 Å². The van der Waals surface area contributed by atoms with Gasteiger partial charge in [-0.05, 0) is 0 Å². The molecular weight excluding hydrogens is 108 g/mol. The van der Waals surface area contributed by atoms with Crippen LogP contribution >= 0.6 is 0 Å². The molecule has 1 saturated carbocycles. The average Bonchev–Trinajstić information content (AvgIpc) is 1.63. The molecule has 56 valence electrons. The topological polar surface area (TPSA) is 0 Å². The van der Waals surface area contributed by atoms with E-state index in [1.807, 2.05) is 0 Å². The van der Waals surface area contributed by atoms with E-state index in [2.05, 4.69) is 13.8 Å². The fraction of sp³-hybridized carbons (Fsp3) is 1.00. The van der Waals surface area contributed by atoms with Crippen molar-refractivity contribution in [2.24, 2.45) is 0 Å². The first kappa shape index (κ1) is 9.00. The minimum absolute atomic E-state index is 1.34. The van der Waals surface area contributed by atoms with Crippen LogP contribution in [0.3, 0.4) is 0 Å². The van der Waals surface area contributed by atoms with Crippen molar-refractivity contribution in [3.63, 3.8) is 0 Å². The minimum Gasteiger partial charge on any atom is -0.0654 e. The summed E-state index contributed by atoms with van der Waals surface area (Å²) in [5, 5.41) is 0. The fourth-order valence-corrected chi connectivity index (χ4v) is 0.604. The summed E-state index contributed by atoms with van der Waals surface area (Å²) in [6, 6.07) is 0. The Bertz CT molecular complexity index is 29.3. The summed E-state index contributed by atoms with van der Waals surface area (Å²) >= 11 is 0. The molecule has 0 bridgehead atoms. The van der Waals surface area contributed by atoms with E-state index < -0.39 is 0 Å². The van der Waals surface area contributed by atoms with E-state index in [9.17, 15) is 0 Å². The fourth-order valence-electron chi connectivity index (χ4n) is 0.604. The van der Waals surface area contributed by atoms with Crippen molar-refractivity contribution in [2.45, 2.75) is 58.8 Å². The highest BCUT2D eigenvalue weighted by Gasteiger charge is 1.95. The summed E-state index contributed by atoms with van der Waals surface area (Å²) in [6.07, 6.45) is 10.1. The Kier molecular flexibility index (Phi) is 8.00. The molecule has 0 aliphatic heterocycles. The van der Waals surface area contributed by atoms with E-state index in [0.717, 1.165) is 0 Å². The van der Waals surface area contributed by atoms with Gasteiger partial charge in [-0.25, -0.2) is 0 Å². The maximum absolute atomic E-state index is 2.21. The Balaban J connectivity index is 0.000000144. The van der Waals surface area contributed by atoms with Crippen molar-refractivity contribution in [3.8, 4) is 0 Å². The summed E-state index contributed by atoms with van der Waals surface area (Å²) in [7, 11) is 0. The quantitative estimate of drug-likeness (QED) is 0.531. The van der Waals surface area contributed by atoms with Crippen LogP contribution in [0.4, 0.5) is 0 Å². The first-order valence-electron chi connectivity index (χ1n) is 4.41. The van der Waals surface area contributed by atoms with Crippen molar-refractivity contribution in [2.75, 3.05) is 0 Å². The van der Waals surface area contributed by atoms with E-state index >= 15 is 0 Å². The molecule has 1 aliphatic carbocycles. The molecule has 1 aliphatic rings. The van der Waals surface area contributed by atoms with Crippen molar-refractivity contribution in [1.82, 2.24) is 0 Å². The highest BCUT2D eigenvalue weighted by molar-refractivity contribution is 4.50. The molecule has 1 rings (SSSR count). The van der Waals surface area contributed by atoms with Crippen LogP contribution in [0.25, 0.3) is 0 Å². The largest absolute Gasteiger partial charge is 0.0654 e. The van der Waals surface area contributed by atoms with Gasteiger partial charge in [0.15, 0.2) is 0 Å². The van der Waals surface area contributed by atoms with Crippen LogP contribution in [-0.4, -0.2) is 0 Å². The smallest absolute Gasteiger partial charge is 0.0533 e. The molecule has 0 atom stereocenters. The van der Waals surface area contributed by atoms with Crippen molar-refractivity contribution >= 4 is 0 Å². The number of hydrogen-bond acceptors (Lipinski definition) is 0. The molecule has 0 heteroatoms. The summed E-state index contributed by atoms with van der Waals surface area (Å²) < 4.78 is 0. The summed E-state index contributed by atoms with van der Waals surface area (Å²) in [5.41, 5.74) is 0. The van der Waals surface area contributed by atoms with Gasteiger partial charge in [0, 0.05) is 0 Å². The lowest BCUT2D eigenvalue weighted by molar-refractivity contribution is 0.504. The molecule has 0 N–H and O–H groups in total. The molecule has 9 heavy (non-hydrogen) atoms. The maximum atomic E-state index is 2.21. The molecule has 0 saturated heterocycles. The lowest BCUT2D eigenvalue weighted by atomic mass is 10.0. The van der Waals surface area contributed by atoms with Crippen LogP contribution in [0.15, 0.2) is 0 Å². The van der Waals surface area contributed by atoms with Crippen LogP contribution in [0.2, 0.25) is 0 Å². The van der Waals surface area contributed by atoms with Crippen LogP contribution in [-0.2, 0) is 0 Å². The highest BCUT2D eigenvalue weighted by atomic mass is 14.0. The molecule has 0 amide bonds. The Morgan fingerprint density at radius 2 is 1.11 bits per heavy atom. The van der Waals surface area contributed by atoms with E-state index in [1.165, 1.54) is 44.9 Å². The molecule has 0 radical (unpaired) electrons. The number of rotatable bonds is 2. The molecule has 1 fully saturated rings. The predicted octanol–water partition coefficient (Wildman–Crippen LogP) is 3.76. The van der Waals surface area contributed by atoms with Gasteiger partial charge in [0.2, 0.25) is 0 Å². The molecule has 0 aromatic carbocycles. The first-order valence-corrected chi connectivity index (χ1v) is 4.41. The third-order valence-corrected chi connectivity index (χ3v) is 1.71. The SMILES string of the molecule is C1CCC1.CCCCC. The Hall–Kier alpha value is 0. The molecule has 0 aromatic rings. The van der Waals surface area contributed by atoms with Crippen molar-refractivity contribution < 1.29 is 0 Å². The van der Waals surface area contributed by atoms with Crippen LogP contribution < -0.4 is 0 Å². The number of hydrogen-bond donors (Lipinski definition) is 0. The Labute approximate surface area is 59.7 Å². The second-order valence-electron chi connectivity index (χ2n) is 2.77. The maximum Gasteiger partial charge on any atom is -0.0533 e. The van der Waals surface area contributed by atoms with Crippen LogP contribution in [0, 0.1) is 0 Å². The lowest BCUT2D eigenvalue weighted by Gasteiger charge is -2.05. The molecule has 0 heterocycles. The molecular formula is C9H20. The van der Waals surface area contributed by atoms with Crippen LogP contribution in [0.5, 0.6) is 0 Å². The third kappa shape index (κ3) is 8.00. The first-order chi connectivity index (χ1) is 4.41. The van der Waals surface area contributed by atoms with Gasteiger partial charge in [0.1, 0.15) is 0 Å². The van der Waals surface area contributed by atoms with Crippen molar-refractivity contribution in [3.05, 3.63) is 0 Å². The normalized spacial score (nSPS) is 15.3. The van der Waals surface area contributed by atoms with E-state index in [0.29, 0.717) is 0 Å². The van der Waals surface area contributed by atoms with Gasteiger partial charge >= 0.3 is 0 Å². The summed E-state index contributed by atoms with van der Waals surface area (Å²) in [4.78, 5) is 0. The second-order valence-corrected chi connectivity index (χ2v) is 2.77. The standard InChI is InChI=1S/C5H12.C4H8/c1-3-5-4-2;1-2-4-3-1/h3-5H2,1-2H3;1-4H2. The van der Waals surface area contributed by atoms with E-state index in [4.69, 9.17) is 0 Å². The lowest BCUT2D eigenvalue weighted by Crippen LogP contribution is -1.85. The van der Waals surface area contributed by atoms with Crippen LogP contribution in [0.1, 0.15) is 58.8 Å². The minimum atomic E-state index is 1.34. The summed E-state index contributed by atoms with van der Waals surface area (Å²) in [6.45, 7) is 4.42. The average molecular weight is 128 g/mol. The van der Waals surface area contributed by atoms with Gasteiger partial charge in [-0.1, -0.05) is 58.8 Å². The molecule has 0 aromatic heterocycles. The third-order valence-electron chi connectivity index (χ3n) is 1.71. The van der Waals surface area contributed by atoms with Gasteiger partial charge in [-0.15, -0.1) is 0 Å². The monoisotopic (exact) mass is 128 g/mol. The molecule has 0 nitrogen and oxygen atoms in total.